The Morgan fingerprint density at radius 2 is 2.00 bits per heavy atom. The first-order valence-corrected chi connectivity index (χ1v) is 7.49. The third-order valence-electron chi connectivity index (χ3n) is 3.57. The third kappa shape index (κ3) is 4.66. The molecule has 1 nitrogen and oxygen atoms in total. The van der Waals surface area contributed by atoms with Crippen molar-refractivity contribution in [3.8, 4) is 0 Å². The average Bonchev–Trinajstić information content (AvgIpc) is 3.12. The zero-order chi connectivity index (χ0) is 14.1. The van der Waals surface area contributed by atoms with Crippen LogP contribution in [0.25, 0.3) is 21.8 Å². The smallest absolute Gasteiger partial charge is 1.00 e. The van der Waals surface area contributed by atoms with Crippen LogP contribution in [-0.4, -0.2) is 4.57 Å². The van der Waals surface area contributed by atoms with Crippen molar-refractivity contribution in [3.63, 3.8) is 0 Å². The number of benzene rings is 1. The molecule has 0 atom stereocenters. The number of aryl methyl sites for hydroxylation is 2. The zero-order valence-corrected chi connectivity index (χ0v) is 18.5. The third-order valence-corrected chi connectivity index (χ3v) is 4.21. The number of para-hydroxylation sites is 1. The van der Waals surface area contributed by atoms with Crippen LogP contribution >= 0.6 is 15.9 Å². The summed E-state index contributed by atoms with van der Waals surface area (Å²) in [4.78, 5) is 0. The maximum atomic E-state index is 3.61. The second-order valence-corrected chi connectivity index (χ2v) is 5.88. The van der Waals surface area contributed by atoms with Crippen LogP contribution in [0.2, 0.25) is 0 Å². The van der Waals surface area contributed by atoms with Gasteiger partial charge in [-0.3, -0.25) is 6.08 Å². The number of hydrogen-bond donors (Lipinski definition) is 0. The fourth-order valence-corrected chi connectivity index (χ4v) is 3.30. The van der Waals surface area contributed by atoms with Gasteiger partial charge in [-0.15, -0.1) is 29.5 Å². The number of aromatic nitrogens is 1. The molecule has 1 aromatic heterocycles. The van der Waals surface area contributed by atoms with Crippen molar-refractivity contribution in [2.24, 2.45) is 7.05 Å². The summed E-state index contributed by atoms with van der Waals surface area (Å²) in [6, 6.07) is 10.9. The SMILES string of the molecule is Cc1cc2c([cH-]1)c1cccc(Br)c1n2C.[C-]1=CC=CC1.[Cl-].[Cl-].[Zr+4]. The summed E-state index contributed by atoms with van der Waals surface area (Å²) in [5, 5.41) is 2.68. The molecule has 4 rings (SSSR count). The van der Waals surface area contributed by atoms with E-state index in [0.29, 0.717) is 0 Å². The molecule has 23 heavy (non-hydrogen) atoms. The quantitative estimate of drug-likeness (QED) is 0.374. The van der Waals surface area contributed by atoms with E-state index in [4.69, 9.17) is 0 Å². The van der Waals surface area contributed by atoms with Crippen LogP contribution in [0, 0.1) is 13.0 Å². The number of hydrogen-bond acceptors (Lipinski definition) is 0. The fourth-order valence-electron chi connectivity index (χ4n) is 2.66. The number of halogens is 3. The van der Waals surface area contributed by atoms with Crippen LogP contribution in [0.3, 0.4) is 0 Å². The number of rotatable bonds is 0. The minimum atomic E-state index is 0. The molecule has 3 aromatic rings. The number of allylic oxidation sites excluding steroid dienone is 4. The van der Waals surface area contributed by atoms with E-state index in [0.717, 1.165) is 10.9 Å². The molecule has 5 heteroatoms. The van der Waals surface area contributed by atoms with Crippen LogP contribution in [0.1, 0.15) is 12.0 Å². The molecule has 1 aliphatic rings. The number of fused-ring (bicyclic) bond motifs is 3. The number of nitrogens with zero attached hydrogens (tertiary/aromatic N) is 1. The zero-order valence-electron chi connectivity index (χ0n) is 12.9. The predicted octanol–water partition coefficient (Wildman–Crippen LogP) is -0.567. The van der Waals surface area contributed by atoms with E-state index in [1.54, 1.807) is 0 Å². The summed E-state index contributed by atoms with van der Waals surface area (Å²) >= 11 is 3.61. The molecule has 0 spiro atoms. The predicted molar refractivity (Wildman–Crippen MR) is 90.0 cm³/mol. The molecule has 1 heterocycles. The van der Waals surface area contributed by atoms with Crippen LogP contribution in [0.15, 0.2) is 53.0 Å². The molecule has 0 amide bonds. The molecule has 0 N–H and O–H groups in total. The maximum Gasteiger partial charge on any atom is 4.00 e. The molecule has 0 unspecified atom stereocenters. The average molecular weight is 488 g/mol. The van der Waals surface area contributed by atoms with Gasteiger partial charge in [-0.25, -0.2) is 12.2 Å². The second-order valence-electron chi connectivity index (χ2n) is 5.03. The Bertz CT molecular complexity index is 820. The van der Waals surface area contributed by atoms with E-state index < -0.39 is 0 Å². The molecule has 0 saturated heterocycles. The Balaban J connectivity index is 0.000000529. The van der Waals surface area contributed by atoms with Gasteiger partial charge < -0.3 is 29.4 Å². The topological polar surface area (TPSA) is 4.93 Å². The van der Waals surface area contributed by atoms with E-state index in [2.05, 4.69) is 77.0 Å². The summed E-state index contributed by atoms with van der Waals surface area (Å²) in [5.41, 5.74) is 3.93. The molecule has 0 saturated carbocycles. The Labute approximate surface area is 177 Å². The van der Waals surface area contributed by atoms with Crippen LogP contribution in [-0.2, 0) is 33.3 Å². The van der Waals surface area contributed by atoms with Gasteiger partial charge in [0.2, 0.25) is 0 Å². The van der Waals surface area contributed by atoms with Crippen molar-refractivity contribution in [3.05, 3.63) is 64.7 Å². The Morgan fingerprint density at radius 1 is 1.26 bits per heavy atom. The summed E-state index contributed by atoms with van der Waals surface area (Å²) in [5.74, 6) is 0. The van der Waals surface area contributed by atoms with Crippen LogP contribution in [0.5, 0.6) is 0 Å². The molecular weight excluding hydrogens is 472 g/mol. The molecule has 1 aliphatic carbocycles. The van der Waals surface area contributed by atoms with Gasteiger partial charge in [-0.1, -0.05) is 30.0 Å². The van der Waals surface area contributed by atoms with E-state index >= 15 is 0 Å². The minimum Gasteiger partial charge on any atom is -1.00 e. The van der Waals surface area contributed by atoms with Crippen molar-refractivity contribution in [1.82, 2.24) is 4.57 Å². The van der Waals surface area contributed by atoms with E-state index in [1.807, 2.05) is 12.2 Å². The molecule has 0 fully saturated rings. The van der Waals surface area contributed by atoms with Crippen LogP contribution in [0.4, 0.5) is 0 Å². The van der Waals surface area contributed by atoms with E-state index in [1.165, 1.54) is 27.4 Å². The van der Waals surface area contributed by atoms with Crippen molar-refractivity contribution in [1.29, 1.82) is 0 Å². The Kier molecular flexibility index (Phi) is 9.85. The molecular formula is C18H16BrCl2NZr. The standard InChI is InChI=1S/C13H11BrN.C5H5.2ClH.Zr/c1-8-6-10-9-4-3-5-11(14)13(9)15(2)12(10)7-8;1-2-4-5-3-1;;;/h3-7H,1-2H3;1-3H,4H2;2*1H;/q2*-1;;;+4/p-2. The Hall–Kier alpha value is -0.207. The fraction of sp³-hybridized carbons (Fsp3) is 0.167. The molecule has 0 radical (unpaired) electrons. The summed E-state index contributed by atoms with van der Waals surface area (Å²) < 4.78 is 3.42. The van der Waals surface area contributed by atoms with Crippen molar-refractivity contribution in [2.75, 3.05) is 0 Å². The first-order valence-electron chi connectivity index (χ1n) is 6.70. The second kappa shape index (κ2) is 9.94. The van der Waals surface area contributed by atoms with Gasteiger partial charge in [0.25, 0.3) is 0 Å². The Morgan fingerprint density at radius 3 is 2.57 bits per heavy atom. The van der Waals surface area contributed by atoms with E-state index in [-0.39, 0.29) is 51.0 Å². The van der Waals surface area contributed by atoms with Gasteiger partial charge in [0.15, 0.2) is 0 Å². The van der Waals surface area contributed by atoms with Crippen molar-refractivity contribution < 1.29 is 51.0 Å². The first-order chi connectivity index (χ1) is 9.68. The molecule has 2 aromatic carbocycles. The molecule has 118 valence electrons. The molecule has 0 bridgehead atoms. The first kappa shape index (κ1) is 22.8. The monoisotopic (exact) mass is 485 g/mol. The van der Waals surface area contributed by atoms with Gasteiger partial charge in [0.05, 0.1) is 0 Å². The normalized spacial score (nSPS) is 11.4. The molecule has 0 aliphatic heterocycles. The van der Waals surface area contributed by atoms with Gasteiger partial charge in [0, 0.05) is 17.0 Å². The van der Waals surface area contributed by atoms with Gasteiger partial charge in [-0.05, 0) is 22.0 Å². The van der Waals surface area contributed by atoms with Gasteiger partial charge >= 0.3 is 26.2 Å². The van der Waals surface area contributed by atoms with Crippen molar-refractivity contribution >= 4 is 37.7 Å². The van der Waals surface area contributed by atoms with E-state index in [9.17, 15) is 0 Å². The summed E-state index contributed by atoms with van der Waals surface area (Å²) in [6.07, 6.45) is 10.0. The van der Waals surface area contributed by atoms with Crippen molar-refractivity contribution in [2.45, 2.75) is 13.3 Å². The van der Waals surface area contributed by atoms with Gasteiger partial charge in [0.1, 0.15) is 0 Å². The van der Waals surface area contributed by atoms with Gasteiger partial charge in [-0.2, -0.15) is 6.08 Å². The largest absolute Gasteiger partial charge is 4.00 e. The summed E-state index contributed by atoms with van der Waals surface area (Å²) in [6.45, 7) is 2.14. The van der Waals surface area contributed by atoms with Crippen LogP contribution < -0.4 is 24.8 Å². The maximum absolute atomic E-state index is 3.61. The summed E-state index contributed by atoms with van der Waals surface area (Å²) in [7, 11) is 2.12. The minimum absolute atomic E-state index is 0.